The SMILES string of the molecule is COc1ccc(Cl)cc1P(c1cc(Cl)ccc1C)c1cc(Cl)ccc1OC. The van der Waals surface area contributed by atoms with Gasteiger partial charge in [0.25, 0.3) is 0 Å². The minimum Gasteiger partial charge on any atom is -0.496 e. The number of rotatable bonds is 5. The van der Waals surface area contributed by atoms with Gasteiger partial charge in [-0.05, 0) is 74.2 Å². The first kappa shape index (κ1) is 20.3. The van der Waals surface area contributed by atoms with Gasteiger partial charge in [-0.3, -0.25) is 0 Å². The molecule has 0 aliphatic heterocycles. The van der Waals surface area contributed by atoms with Crippen molar-refractivity contribution in [1.29, 1.82) is 0 Å². The molecule has 3 aromatic rings. The second kappa shape index (κ2) is 8.71. The Hall–Kier alpha value is -1.44. The molecule has 3 aromatic carbocycles. The summed E-state index contributed by atoms with van der Waals surface area (Å²) in [6.45, 7) is 2.06. The van der Waals surface area contributed by atoms with E-state index in [0.717, 1.165) is 33.0 Å². The van der Waals surface area contributed by atoms with Crippen molar-refractivity contribution < 1.29 is 9.47 Å². The highest BCUT2D eigenvalue weighted by atomic mass is 35.5. The van der Waals surface area contributed by atoms with Crippen molar-refractivity contribution >= 4 is 58.6 Å². The molecule has 6 heteroatoms. The van der Waals surface area contributed by atoms with Gasteiger partial charge >= 0.3 is 0 Å². The number of ether oxygens (including phenoxy) is 2. The van der Waals surface area contributed by atoms with Gasteiger partial charge in [-0.2, -0.15) is 0 Å². The summed E-state index contributed by atoms with van der Waals surface area (Å²) < 4.78 is 11.3. The molecule has 2 nitrogen and oxygen atoms in total. The molecule has 0 atom stereocenters. The number of methoxy groups -OCH3 is 2. The van der Waals surface area contributed by atoms with E-state index in [-0.39, 0.29) is 0 Å². The van der Waals surface area contributed by atoms with Crippen molar-refractivity contribution in [2.24, 2.45) is 0 Å². The topological polar surface area (TPSA) is 18.5 Å². The van der Waals surface area contributed by atoms with Gasteiger partial charge < -0.3 is 9.47 Å². The zero-order valence-corrected chi connectivity index (χ0v) is 18.3. The predicted octanol–water partition coefficient (Wildman–Crippen LogP) is 5.73. The lowest BCUT2D eigenvalue weighted by atomic mass is 10.2. The molecule has 0 heterocycles. The molecule has 0 unspecified atom stereocenters. The Labute approximate surface area is 175 Å². The summed E-state index contributed by atoms with van der Waals surface area (Å²) >= 11 is 19.0. The van der Waals surface area contributed by atoms with Crippen LogP contribution in [0.1, 0.15) is 5.56 Å². The maximum absolute atomic E-state index is 6.34. The number of halogens is 3. The highest BCUT2D eigenvalue weighted by Crippen LogP contribution is 2.42. The standard InChI is InChI=1S/C21H18Cl3O2P/c1-13-4-5-14(22)10-19(13)27(20-11-15(23)6-8-17(20)25-2)21-12-16(24)7-9-18(21)26-3/h4-12H,1-3H3. The van der Waals surface area contributed by atoms with E-state index in [1.807, 2.05) is 54.6 Å². The second-order valence-electron chi connectivity index (χ2n) is 5.90. The lowest BCUT2D eigenvalue weighted by molar-refractivity contribution is 0.417. The van der Waals surface area contributed by atoms with E-state index in [0.29, 0.717) is 15.1 Å². The molecule has 0 bridgehead atoms. The first-order valence-corrected chi connectivity index (χ1v) is 10.7. The normalized spacial score (nSPS) is 10.9. The van der Waals surface area contributed by atoms with Crippen molar-refractivity contribution in [3.63, 3.8) is 0 Å². The molecule has 0 fully saturated rings. The first-order valence-electron chi connectivity index (χ1n) is 8.18. The lowest BCUT2D eigenvalue weighted by Gasteiger charge is -2.25. The summed E-state index contributed by atoms with van der Waals surface area (Å²) in [7, 11) is 2.23. The van der Waals surface area contributed by atoms with Crippen molar-refractivity contribution in [1.82, 2.24) is 0 Å². The van der Waals surface area contributed by atoms with Crippen LogP contribution in [-0.4, -0.2) is 14.2 Å². The van der Waals surface area contributed by atoms with Crippen LogP contribution in [0.3, 0.4) is 0 Å². The number of hydrogen-bond donors (Lipinski definition) is 0. The average Bonchev–Trinajstić information content (AvgIpc) is 2.65. The Morgan fingerprint density at radius 1 is 0.630 bits per heavy atom. The molecule has 3 rings (SSSR count). The Balaban J connectivity index is 2.37. The minimum absolute atomic E-state index is 0.638. The first-order chi connectivity index (χ1) is 12.9. The molecule has 0 saturated heterocycles. The van der Waals surface area contributed by atoms with E-state index in [9.17, 15) is 0 Å². The Morgan fingerprint density at radius 3 is 1.48 bits per heavy atom. The van der Waals surface area contributed by atoms with Gasteiger partial charge in [-0.15, -0.1) is 0 Å². The molecule has 0 radical (unpaired) electrons. The highest BCUT2D eigenvalue weighted by Gasteiger charge is 2.26. The molecule has 0 saturated carbocycles. The van der Waals surface area contributed by atoms with Crippen LogP contribution in [0.25, 0.3) is 0 Å². The zero-order valence-electron chi connectivity index (χ0n) is 15.1. The molecule has 0 amide bonds. The Bertz CT molecular complexity index is 922. The highest BCUT2D eigenvalue weighted by molar-refractivity contribution is 7.80. The van der Waals surface area contributed by atoms with Crippen molar-refractivity contribution in [3.05, 3.63) is 75.2 Å². The number of hydrogen-bond acceptors (Lipinski definition) is 2. The predicted molar refractivity (Wildman–Crippen MR) is 118 cm³/mol. The number of benzene rings is 3. The average molecular weight is 440 g/mol. The maximum Gasteiger partial charge on any atom is 0.127 e. The van der Waals surface area contributed by atoms with Crippen molar-refractivity contribution in [3.8, 4) is 11.5 Å². The van der Waals surface area contributed by atoms with Gasteiger partial charge in [-0.25, -0.2) is 0 Å². The molecule has 0 N–H and O–H groups in total. The lowest BCUT2D eigenvalue weighted by Crippen LogP contribution is -2.25. The fourth-order valence-electron chi connectivity index (χ4n) is 2.89. The summed E-state index contributed by atoms with van der Waals surface area (Å²) in [6, 6.07) is 17.2. The van der Waals surface area contributed by atoms with Crippen LogP contribution in [0, 0.1) is 6.92 Å². The summed E-state index contributed by atoms with van der Waals surface area (Å²) in [5.41, 5.74) is 1.12. The third-order valence-electron chi connectivity index (χ3n) is 4.18. The van der Waals surface area contributed by atoms with Crippen LogP contribution in [-0.2, 0) is 0 Å². The van der Waals surface area contributed by atoms with E-state index in [1.165, 1.54) is 0 Å². The van der Waals surface area contributed by atoms with E-state index >= 15 is 0 Å². The van der Waals surface area contributed by atoms with Gasteiger partial charge in [0.2, 0.25) is 0 Å². The molecule has 0 aromatic heterocycles. The van der Waals surface area contributed by atoms with E-state index in [2.05, 4.69) is 6.92 Å². The molecular formula is C21H18Cl3O2P. The van der Waals surface area contributed by atoms with Crippen LogP contribution in [0.5, 0.6) is 11.5 Å². The quantitative estimate of drug-likeness (QED) is 0.473. The molecule has 0 aliphatic rings. The smallest absolute Gasteiger partial charge is 0.127 e. The number of aryl methyl sites for hydroxylation is 1. The van der Waals surface area contributed by atoms with Crippen LogP contribution in [0.2, 0.25) is 15.1 Å². The van der Waals surface area contributed by atoms with Crippen LogP contribution >= 0.6 is 42.7 Å². The molecule has 0 aliphatic carbocycles. The van der Waals surface area contributed by atoms with Gasteiger partial charge in [0, 0.05) is 25.7 Å². The largest absolute Gasteiger partial charge is 0.496 e. The molecule has 140 valence electrons. The zero-order chi connectivity index (χ0) is 19.6. The second-order valence-corrected chi connectivity index (χ2v) is 9.32. The van der Waals surface area contributed by atoms with Gasteiger partial charge in [0.1, 0.15) is 11.5 Å². The van der Waals surface area contributed by atoms with E-state index < -0.39 is 7.92 Å². The van der Waals surface area contributed by atoms with Crippen LogP contribution in [0.4, 0.5) is 0 Å². The fraction of sp³-hybridized carbons (Fsp3) is 0.143. The maximum atomic E-state index is 6.34. The van der Waals surface area contributed by atoms with Crippen LogP contribution < -0.4 is 25.4 Å². The van der Waals surface area contributed by atoms with Gasteiger partial charge in [0.05, 0.1) is 14.2 Å². The van der Waals surface area contributed by atoms with E-state index in [4.69, 9.17) is 44.3 Å². The van der Waals surface area contributed by atoms with Crippen molar-refractivity contribution in [2.75, 3.05) is 14.2 Å². The monoisotopic (exact) mass is 438 g/mol. The Morgan fingerprint density at radius 2 is 1.04 bits per heavy atom. The Kier molecular flexibility index (Phi) is 6.55. The van der Waals surface area contributed by atoms with Gasteiger partial charge in [0.15, 0.2) is 0 Å². The molecule has 27 heavy (non-hydrogen) atoms. The summed E-state index contributed by atoms with van der Waals surface area (Å²) in [6.07, 6.45) is 0. The fourth-order valence-corrected chi connectivity index (χ4v) is 6.42. The minimum atomic E-state index is -1.07. The van der Waals surface area contributed by atoms with Crippen LogP contribution in [0.15, 0.2) is 54.6 Å². The molecule has 0 spiro atoms. The van der Waals surface area contributed by atoms with E-state index in [1.54, 1.807) is 14.2 Å². The molecular weight excluding hydrogens is 422 g/mol. The summed E-state index contributed by atoms with van der Waals surface area (Å²) in [4.78, 5) is 0. The summed E-state index contributed by atoms with van der Waals surface area (Å²) in [5, 5.41) is 5.00. The van der Waals surface area contributed by atoms with Gasteiger partial charge in [-0.1, -0.05) is 40.9 Å². The third-order valence-corrected chi connectivity index (χ3v) is 7.51. The third kappa shape index (κ3) is 4.36. The summed E-state index contributed by atoms with van der Waals surface area (Å²) in [5.74, 6) is 1.51. The van der Waals surface area contributed by atoms with Crippen molar-refractivity contribution in [2.45, 2.75) is 6.92 Å².